The summed E-state index contributed by atoms with van der Waals surface area (Å²) in [6, 6.07) is 22.9. The summed E-state index contributed by atoms with van der Waals surface area (Å²) in [6.45, 7) is 0.550. The minimum atomic E-state index is -0.373. The number of carbonyl (C=O) groups is 1. The molecule has 4 aromatic rings. The van der Waals surface area contributed by atoms with Crippen LogP contribution in [0.15, 0.2) is 91.4 Å². The highest BCUT2D eigenvalue weighted by atomic mass is 32.1. The molecule has 0 amide bonds. The van der Waals surface area contributed by atoms with Crippen LogP contribution >= 0.6 is 12.2 Å². The van der Waals surface area contributed by atoms with Crippen LogP contribution in [0.25, 0.3) is 5.69 Å². The van der Waals surface area contributed by atoms with Gasteiger partial charge in [0.1, 0.15) is 0 Å². The van der Waals surface area contributed by atoms with Crippen molar-refractivity contribution in [3.05, 3.63) is 114 Å². The first kappa shape index (κ1) is 21.8. The van der Waals surface area contributed by atoms with Gasteiger partial charge in [0.15, 0.2) is 5.11 Å². The Kier molecular flexibility index (Phi) is 6.05. The first-order valence-electron chi connectivity index (χ1n) is 10.9. The van der Waals surface area contributed by atoms with Crippen LogP contribution in [0.1, 0.15) is 39.5 Å². The van der Waals surface area contributed by atoms with E-state index in [1.54, 1.807) is 18.5 Å². The minimum Gasteiger partial charge on any atom is -0.465 e. The molecule has 0 spiro atoms. The Balaban J connectivity index is 1.59. The molecule has 0 aliphatic carbocycles. The molecule has 1 N–H and O–H groups in total. The number of carbonyl (C=O) groups excluding carboxylic acids is 1. The second-order valence-corrected chi connectivity index (χ2v) is 8.31. The van der Waals surface area contributed by atoms with Gasteiger partial charge in [-0.15, -0.1) is 0 Å². The zero-order valence-electron chi connectivity index (χ0n) is 18.5. The van der Waals surface area contributed by atoms with Crippen LogP contribution < -0.4 is 5.32 Å². The summed E-state index contributed by atoms with van der Waals surface area (Å²) in [4.78, 5) is 23.4. The van der Waals surface area contributed by atoms with E-state index in [2.05, 4.69) is 30.8 Å². The number of rotatable bonds is 6. The van der Waals surface area contributed by atoms with Crippen molar-refractivity contribution in [2.75, 3.05) is 7.11 Å². The van der Waals surface area contributed by atoms with Gasteiger partial charge in [-0.2, -0.15) is 0 Å². The Morgan fingerprint density at radius 2 is 1.85 bits per heavy atom. The number of nitrogens with zero attached hydrogens (tertiary/aromatic N) is 4. The molecule has 3 aromatic heterocycles. The van der Waals surface area contributed by atoms with Crippen molar-refractivity contribution in [2.45, 2.75) is 18.6 Å². The van der Waals surface area contributed by atoms with E-state index in [9.17, 15) is 4.79 Å². The fourth-order valence-corrected chi connectivity index (χ4v) is 4.64. The number of methoxy groups -OCH3 is 1. The molecule has 2 atom stereocenters. The number of thiocarbonyl (C=S) groups is 1. The summed E-state index contributed by atoms with van der Waals surface area (Å²) in [5, 5.41) is 4.12. The van der Waals surface area contributed by atoms with Gasteiger partial charge < -0.3 is 19.5 Å². The summed E-state index contributed by atoms with van der Waals surface area (Å²) in [6.07, 6.45) is 5.56. The smallest absolute Gasteiger partial charge is 0.337 e. The molecule has 7 nitrogen and oxygen atoms in total. The van der Waals surface area contributed by atoms with Crippen LogP contribution in [-0.4, -0.2) is 37.6 Å². The number of esters is 1. The predicted molar refractivity (Wildman–Crippen MR) is 132 cm³/mol. The minimum absolute atomic E-state index is 0.152. The van der Waals surface area contributed by atoms with Gasteiger partial charge in [0.2, 0.25) is 0 Å². The summed E-state index contributed by atoms with van der Waals surface area (Å²) in [7, 11) is 1.38. The topological polar surface area (TPSA) is 72.3 Å². The first-order chi connectivity index (χ1) is 16.7. The van der Waals surface area contributed by atoms with E-state index in [4.69, 9.17) is 17.0 Å². The van der Waals surface area contributed by atoms with Crippen LogP contribution in [0, 0.1) is 0 Å². The lowest BCUT2D eigenvalue weighted by Crippen LogP contribution is -2.30. The number of nitrogens with one attached hydrogen (secondary N) is 1. The second kappa shape index (κ2) is 9.44. The molecule has 1 fully saturated rings. The number of hydrogen-bond acceptors (Lipinski definition) is 5. The average molecular weight is 470 g/mol. The average Bonchev–Trinajstić information content (AvgIpc) is 3.49. The van der Waals surface area contributed by atoms with Crippen LogP contribution in [0.4, 0.5) is 0 Å². The van der Waals surface area contributed by atoms with Crippen LogP contribution in [0.3, 0.4) is 0 Å². The number of benzene rings is 1. The quantitative estimate of drug-likeness (QED) is 0.335. The fourth-order valence-electron chi connectivity index (χ4n) is 4.33. The zero-order valence-corrected chi connectivity index (χ0v) is 19.4. The molecule has 1 aliphatic heterocycles. The molecule has 0 saturated carbocycles. The molecule has 34 heavy (non-hydrogen) atoms. The second-order valence-electron chi connectivity index (χ2n) is 7.92. The van der Waals surface area contributed by atoms with E-state index in [1.807, 2.05) is 66.9 Å². The normalized spacial score (nSPS) is 17.4. The predicted octanol–water partition coefficient (Wildman–Crippen LogP) is 4.23. The Labute approximate surface area is 203 Å². The maximum atomic E-state index is 12.1. The molecule has 8 heteroatoms. The van der Waals surface area contributed by atoms with Crippen LogP contribution in [-0.2, 0) is 11.3 Å². The molecule has 0 radical (unpaired) electrons. The van der Waals surface area contributed by atoms with Crippen molar-refractivity contribution in [1.82, 2.24) is 24.8 Å². The van der Waals surface area contributed by atoms with E-state index in [0.29, 0.717) is 17.2 Å². The number of pyridine rings is 2. The Bertz CT molecular complexity index is 1310. The third-order valence-corrected chi connectivity index (χ3v) is 6.24. The van der Waals surface area contributed by atoms with Gasteiger partial charge in [-0.1, -0.05) is 18.2 Å². The summed E-state index contributed by atoms with van der Waals surface area (Å²) in [5.74, 6) is -0.373. The van der Waals surface area contributed by atoms with E-state index >= 15 is 0 Å². The van der Waals surface area contributed by atoms with Crippen LogP contribution in [0.5, 0.6) is 0 Å². The molecule has 0 unspecified atom stereocenters. The molecular formula is C26H23N5O2S. The van der Waals surface area contributed by atoms with Crippen molar-refractivity contribution in [3.63, 3.8) is 0 Å². The SMILES string of the molecule is COC(=O)c1cccc(-n2cccc2[C@H]2[C@@H](c3ccccn3)NC(=S)N2Cc2ccccn2)c1. The van der Waals surface area contributed by atoms with Crippen molar-refractivity contribution in [3.8, 4) is 5.69 Å². The van der Waals surface area contributed by atoms with Crippen molar-refractivity contribution >= 4 is 23.3 Å². The molecule has 4 heterocycles. The molecule has 1 saturated heterocycles. The lowest BCUT2D eigenvalue weighted by atomic mass is 10.0. The first-order valence-corrected chi connectivity index (χ1v) is 11.3. The standard InChI is InChI=1S/C26H23N5O2S/c1-33-25(32)18-8-6-10-20(16-18)30-15-7-12-22(30)24-23(21-11-3-5-14-28-21)29-26(34)31(24)17-19-9-2-4-13-27-19/h2-16,23-24H,17H2,1H3,(H,29,34)/t23-,24+/m1/s1. The number of ether oxygens (including phenoxy) is 1. The van der Waals surface area contributed by atoms with Crippen molar-refractivity contribution in [1.29, 1.82) is 0 Å². The lowest BCUT2D eigenvalue weighted by Gasteiger charge is -2.28. The lowest BCUT2D eigenvalue weighted by molar-refractivity contribution is 0.0600. The van der Waals surface area contributed by atoms with Gasteiger partial charge in [0.05, 0.1) is 42.7 Å². The zero-order chi connectivity index (χ0) is 23.5. The van der Waals surface area contributed by atoms with E-state index < -0.39 is 0 Å². The molecular weight excluding hydrogens is 446 g/mol. The van der Waals surface area contributed by atoms with Gasteiger partial charge in [-0.3, -0.25) is 9.97 Å². The largest absolute Gasteiger partial charge is 0.465 e. The monoisotopic (exact) mass is 469 g/mol. The van der Waals surface area contributed by atoms with Gasteiger partial charge >= 0.3 is 5.97 Å². The Morgan fingerprint density at radius 3 is 2.59 bits per heavy atom. The summed E-state index contributed by atoms with van der Waals surface area (Å²) in [5.41, 5.74) is 4.18. The maximum absolute atomic E-state index is 12.1. The highest BCUT2D eigenvalue weighted by Crippen LogP contribution is 2.40. The number of hydrogen-bond donors (Lipinski definition) is 1. The molecule has 5 rings (SSSR count). The summed E-state index contributed by atoms with van der Waals surface area (Å²) < 4.78 is 6.99. The highest BCUT2D eigenvalue weighted by Gasteiger charge is 2.41. The molecule has 1 aliphatic rings. The van der Waals surface area contributed by atoms with Gasteiger partial charge in [-0.05, 0) is 66.8 Å². The third kappa shape index (κ3) is 4.15. The van der Waals surface area contributed by atoms with Gasteiger partial charge in [-0.25, -0.2) is 4.79 Å². The molecule has 0 bridgehead atoms. The van der Waals surface area contributed by atoms with Gasteiger partial charge in [0.25, 0.3) is 0 Å². The van der Waals surface area contributed by atoms with E-state index in [-0.39, 0.29) is 18.1 Å². The van der Waals surface area contributed by atoms with E-state index in [1.165, 1.54) is 7.11 Å². The third-order valence-electron chi connectivity index (χ3n) is 5.89. The van der Waals surface area contributed by atoms with Crippen molar-refractivity contribution < 1.29 is 9.53 Å². The molecule has 170 valence electrons. The Morgan fingerprint density at radius 1 is 1.03 bits per heavy atom. The summed E-state index contributed by atoms with van der Waals surface area (Å²) >= 11 is 5.79. The van der Waals surface area contributed by atoms with Crippen molar-refractivity contribution in [2.24, 2.45) is 0 Å². The fraction of sp³-hybridized carbons (Fsp3) is 0.154. The van der Waals surface area contributed by atoms with Crippen LogP contribution in [0.2, 0.25) is 0 Å². The van der Waals surface area contributed by atoms with E-state index in [0.717, 1.165) is 22.8 Å². The highest BCUT2D eigenvalue weighted by molar-refractivity contribution is 7.80. The Hall–Kier alpha value is -4.04. The maximum Gasteiger partial charge on any atom is 0.337 e. The number of aromatic nitrogens is 3. The van der Waals surface area contributed by atoms with Gasteiger partial charge in [0, 0.05) is 30.0 Å². The molecule has 1 aromatic carbocycles.